The van der Waals surface area contributed by atoms with Crippen LogP contribution in [0, 0.1) is 0 Å². The summed E-state index contributed by atoms with van der Waals surface area (Å²) < 4.78 is 4.53. The Labute approximate surface area is 89.0 Å². The molecule has 0 aliphatic rings. The molecule has 0 spiro atoms. The lowest BCUT2D eigenvalue weighted by Gasteiger charge is -2.09. The number of thiol groups is 2. The first-order valence-corrected chi connectivity index (χ1v) is 5.17. The average molecular weight is 222 g/mol. The number of rotatable bonds is 4. The Morgan fingerprint density at radius 1 is 1.08 bits per heavy atom. The molecule has 2 unspecified atom stereocenters. The fourth-order valence-corrected chi connectivity index (χ4v) is 0.674. The molecule has 0 aromatic heterocycles. The molecular weight excluding hydrogens is 208 g/mol. The molecule has 0 saturated heterocycles. The second-order valence-corrected chi connectivity index (χ2v) is 3.83. The van der Waals surface area contributed by atoms with Crippen molar-refractivity contribution < 1.29 is 14.3 Å². The van der Waals surface area contributed by atoms with Crippen LogP contribution in [0.1, 0.15) is 26.7 Å². The molecular formula is C8H14O3S2. The highest BCUT2D eigenvalue weighted by atomic mass is 32.1. The first-order chi connectivity index (χ1) is 6.02. The topological polar surface area (TPSA) is 43.4 Å². The molecule has 0 aromatic rings. The largest absolute Gasteiger partial charge is 0.391 e. The molecule has 0 N–H and O–H groups in total. The van der Waals surface area contributed by atoms with Crippen molar-refractivity contribution in [2.24, 2.45) is 0 Å². The van der Waals surface area contributed by atoms with Gasteiger partial charge in [0.2, 0.25) is 0 Å². The third-order valence-corrected chi connectivity index (χ3v) is 2.67. The Hall–Kier alpha value is -0.160. The van der Waals surface area contributed by atoms with Crippen LogP contribution in [-0.4, -0.2) is 22.4 Å². The summed E-state index contributed by atoms with van der Waals surface area (Å²) in [5.41, 5.74) is 0. The molecule has 76 valence electrons. The second-order valence-electron chi connectivity index (χ2n) is 2.59. The lowest BCUT2D eigenvalue weighted by Crippen LogP contribution is -2.26. The highest BCUT2D eigenvalue weighted by Gasteiger charge is 2.21. The van der Waals surface area contributed by atoms with Crippen LogP contribution in [0.2, 0.25) is 0 Å². The summed E-state index contributed by atoms with van der Waals surface area (Å²) in [6.07, 6.45) is 1.08. The zero-order valence-corrected chi connectivity index (χ0v) is 9.48. The van der Waals surface area contributed by atoms with Crippen molar-refractivity contribution in [1.29, 1.82) is 0 Å². The molecule has 0 amide bonds. The number of carbonyl (C=O) groups excluding carboxylic acids is 2. The third-order valence-electron chi connectivity index (χ3n) is 1.52. The molecule has 2 atom stereocenters. The molecule has 0 heterocycles. The van der Waals surface area contributed by atoms with E-state index in [1.165, 1.54) is 0 Å². The van der Waals surface area contributed by atoms with Crippen LogP contribution < -0.4 is 0 Å². The van der Waals surface area contributed by atoms with E-state index >= 15 is 0 Å². The summed E-state index contributed by atoms with van der Waals surface area (Å²) in [6, 6.07) is 0. The van der Waals surface area contributed by atoms with Gasteiger partial charge in [-0.15, -0.1) is 0 Å². The predicted molar refractivity (Wildman–Crippen MR) is 57.2 cm³/mol. The van der Waals surface area contributed by atoms with Gasteiger partial charge in [0.15, 0.2) is 0 Å². The Morgan fingerprint density at radius 3 is 1.62 bits per heavy atom. The van der Waals surface area contributed by atoms with Gasteiger partial charge in [-0.2, -0.15) is 25.3 Å². The van der Waals surface area contributed by atoms with Crippen LogP contribution in [0.3, 0.4) is 0 Å². The van der Waals surface area contributed by atoms with E-state index in [4.69, 9.17) is 0 Å². The quantitative estimate of drug-likeness (QED) is 0.430. The molecule has 5 heteroatoms. The first kappa shape index (κ1) is 12.8. The van der Waals surface area contributed by atoms with Crippen LogP contribution in [0.25, 0.3) is 0 Å². The van der Waals surface area contributed by atoms with Gasteiger partial charge in [0, 0.05) is 0 Å². The number of esters is 2. The third kappa shape index (κ3) is 4.57. The summed E-state index contributed by atoms with van der Waals surface area (Å²) in [4.78, 5) is 22.1. The Bertz CT molecular complexity index is 174. The molecule has 3 nitrogen and oxygen atoms in total. The highest BCUT2D eigenvalue weighted by Crippen LogP contribution is 2.07. The molecule has 0 fully saturated rings. The summed E-state index contributed by atoms with van der Waals surface area (Å²) in [7, 11) is 0. The minimum Gasteiger partial charge on any atom is -0.391 e. The van der Waals surface area contributed by atoms with Gasteiger partial charge >= 0.3 is 11.9 Å². The van der Waals surface area contributed by atoms with Crippen molar-refractivity contribution in [3.8, 4) is 0 Å². The van der Waals surface area contributed by atoms with Crippen molar-refractivity contribution >= 4 is 37.2 Å². The van der Waals surface area contributed by atoms with Gasteiger partial charge in [0.25, 0.3) is 0 Å². The van der Waals surface area contributed by atoms with E-state index in [9.17, 15) is 9.59 Å². The van der Waals surface area contributed by atoms with Crippen LogP contribution in [0.15, 0.2) is 0 Å². The lowest BCUT2D eigenvalue weighted by atomic mass is 10.3. The minimum absolute atomic E-state index is 0.527. The van der Waals surface area contributed by atoms with Gasteiger partial charge < -0.3 is 4.74 Å². The molecule has 0 rings (SSSR count). The number of hydrogen-bond donors (Lipinski definition) is 2. The van der Waals surface area contributed by atoms with Gasteiger partial charge in [-0.1, -0.05) is 13.8 Å². The van der Waals surface area contributed by atoms with Crippen molar-refractivity contribution in [1.82, 2.24) is 0 Å². The van der Waals surface area contributed by atoms with Gasteiger partial charge in [-0.3, -0.25) is 9.59 Å². The van der Waals surface area contributed by atoms with E-state index in [1.54, 1.807) is 13.8 Å². The fourth-order valence-electron chi connectivity index (χ4n) is 0.569. The average Bonchev–Trinajstić information content (AvgIpc) is 2.14. The molecule has 0 radical (unpaired) electrons. The standard InChI is InChI=1S/C8H14O3S2/c1-3-5(12)7(9)11-8(10)6(13)4-2/h5-6,12-13H,3-4H2,1-2H3. The summed E-state index contributed by atoms with van der Waals surface area (Å²) in [5, 5.41) is -1.05. The first-order valence-electron chi connectivity index (χ1n) is 4.14. The maximum absolute atomic E-state index is 11.1. The van der Waals surface area contributed by atoms with Gasteiger partial charge in [-0.05, 0) is 12.8 Å². The van der Waals surface area contributed by atoms with E-state index in [0.29, 0.717) is 12.8 Å². The molecule has 13 heavy (non-hydrogen) atoms. The zero-order chi connectivity index (χ0) is 10.4. The van der Waals surface area contributed by atoms with Crippen LogP contribution in [0.5, 0.6) is 0 Å². The molecule has 0 bridgehead atoms. The van der Waals surface area contributed by atoms with E-state index < -0.39 is 22.4 Å². The number of carbonyl (C=O) groups is 2. The summed E-state index contributed by atoms with van der Waals surface area (Å²) in [6.45, 7) is 3.59. The predicted octanol–water partition coefficient (Wildman–Crippen LogP) is 1.47. The summed E-state index contributed by atoms with van der Waals surface area (Å²) >= 11 is 7.89. The van der Waals surface area contributed by atoms with Crippen LogP contribution in [0.4, 0.5) is 0 Å². The lowest BCUT2D eigenvalue weighted by molar-refractivity contribution is -0.158. The molecule has 0 aliphatic heterocycles. The number of hydrogen-bond acceptors (Lipinski definition) is 5. The van der Waals surface area contributed by atoms with Crippen molar-refractivity contribution in [2.45, 2.75) is 37.2 Å². The zero-order valence-electron chi connectivity index (χ0n) is 7.69. The van der Waals surface area contributed by atoms with Crippen molar-refractivity contribution in [3.05, 3.63) is 0 Å². The highest BCUT2D eigenvalue weighted by molar-refractivity contribution is 7.82. The van der Waals surface area contributed by atoms with Crippen LogP contribution in [-0.2, 0) is 14.3 Å². The van der Waals surface area contributed by atoms with Gasteiger partial charge in [-0.25, -0.2) is 0 Å². The van der Waals surface area contributed by atoms with Crippen LogP contribution >= 0.6 is 25.3 Å². The maximum Gasteiger partial charge on any atom is 0.326 e. The second kappa shape index (κ2) is 6.32. The monoisotopic (exact) mass is 222 g/mol. The normalized spacial score (nSPS) is 14.8. The number of ether oxygens (including phenoxy) is 1. The smallest absolute Gasteiger partial charge is 0.326 e. The van der Waals surface area contributed by atoms with Crippen molar-refractivity contribution in [2.75, 3.05) is 0 Å². The fraction of sp³-hybridized carbons (Fsp3) is 0.750. The minimum atomic E-state index is -0.594. The van der Waals surface area contributed by atoms with Gasteiger partial charge in [0.1, 0.15) is 0 Å². The van der Waals surface area contributed by atoms with E-state index in [2.05, 4.69) is 30.0 Å². The SMILES string of the molecule is CCC(S)C(=O)OC(=O)C(S)CC. The Morgan fingerprint density at radius 2 is 1.38 bits per heavy atom. The van der Waals surface area contributed by atoms with Crippen molar-refractivity contribution in [3.63, 3.8) is 0 Å². The van der Waals surface area contributed by atoms with E-state index in [1.807, 2.05) is 0 Å². The molecule has 0 aliphatic carbocycles. The van der Waals surface area contributed by atoms with E-state index in [-0.39, 0.29) is 0 Å². The summed E-state index contributed by atoms with van der Waals surface area (Å²) in [5.74, 6) is -1.19. The maximum atomic E-state index is 11.1. The Balaban J connectivity index is 3.99. The van der Waals surface area contributed by atoms with Gasteiger partial charge in [0.05, 0.1) is 10.5 Å². The Kier molecular flexibility index (Phi) is 6.24. The molecule has 0 saturated carbocycles. The van der Waals surface area contributed by atoms with E-state index in [0.717, 1.165) is 0 Å². The molecule has 0 aromatic carbocycles.